The van der Waals surface area contributed by atoms with Gasteiger partial charge in [-0.05, 0) is 57.4 Å². The number of piperidine rings is 1. The molecule has 1 N–H and O–H groups in total. The Balaban J connectivity index is 1.42. The molecular formula is C16H30N2. The molecule has 0 aromatic carbocycles. The van der Waals surface area contributed by atoms with Gasteiger partial charge in [-0.3, -0.25) is 0 Å². The molecule has 104 valence electrons. The van der Waals surface area contributed by atoms with E-state index in [1.807, 2.05) is 0 Å². The molecule has 3 aliphatic rings. The molecule has 1 heterocycles. The first-order valence-corrected chi connectivity index (χ1v) is 8.26. The summed E-state index contributed by atoms with van der Waals surface area (Å²) in [7, 11) is 2.33. The Labute approximate surface area is 113 Å². The summed E-state index contributed by atoms with van der Waals surface area (Å²) in [5, 5.41) is 3.95. The molecule has 1 saturated heterocycles. The molecule has 0 radical (unpaired) electrons. The number of hydrogen-bond donors (Lipinski definition) is 1. The molecule has 2 aliphatic carbocycles. The normalized spacial score (nSPS) is 37.3. The number of nitrogens with one attached hydrogen (secondary N) is 1. The summed E-state index contributed by atoms with van der Waals surface area (Å²) in [4.78, 5) is 2.59. The molecule has 0 amide bonds. The Morgan fingerprint density at radius 3 is 2.50 bits per heavy atom. The second-order valence-electron chi connectivity index (χ2n) is 7.11. The molecule has 0 spiro atoms. The average molecular weight is 250 g/mol. The van der Waals surface area contributed by atoms with Crippen molar-refractivity contribution >= 4 is 0 Å². The first-order valence-electron chi connectivity index (χ1n) is 8.26. The van der Waals surface area contributed by atoms with Crippen LogP contribution >= 0.6 is 0 Å². The van der Waals surface area contributed by atoms with Gasteiger partial charge in [0, 0.05) is 25.2 Å². The Bertz CT molecular complexity index is 262. The molecule has 2 heteroatoms. The van der Waals surface area contributed by atoms with E-state index in [9.17, 15) is 0 Å². The smallest absolute Gasteiger partial charge is 0.0197 e. The van der Waals surface area contributed by atoms with Crippen LogP contribution in [0.2, 0.25) is 0 Å². The van der Waals surface area contributed by atoms with Crippen LogP contribution in [0.15, 0.2) is 0 Å². The molecule has 3 fully saturated rings. The topological polar surface area (TPSA) is 15.3 Å². The maximum atomic E-state index is 3.95. The zero-order chi connectivity index (χ0) is 12.4. The molecule has 0 aromatic heterocycles. The summed E-state index contributed by atoms with van der Waals surface area (Å²) < 4.78 is 0. The minimum absolute atomic E-state index is 0.773. The molecule has 2 nitrogen and oxygen atoms in total. The van der Waals surface area contributed by atoms with Crippen molar-refractivity contribution in [2.45, 2.75) is 69.9 Å². The standard InChI is InChI=1S/C16H30N2/c1-18(11-13-5-4-6-13)12-15-10-9-14-7-2-3-8-16(14)17-15/h13-17H,2-12H2,1H3. The monoisotopic (exact) mass is 250 g/mol. The van der Waals surface area contributed by atoms with Gasteiger partial charge in [0.05, 0.1) is 0 Å². The van der Waals surface area contributed by atoms with Crippen molar-refractivity contribution in [1.29, 1.82) is 0 Å². The number of fused-ring (bicyclic) bond motifs is 1. The fourth-order valence-electron chi connectivity index (χ4n) is 4.28. The minimum Gasteiger partial charge on any atom is -0.310 e. The van der Waals surface area contributed by atoms with Gasteiger partial charge in [0.15, 0.2) is 0 Å². The number of rotatable bonds is 4. The third-order valence-corrected chi connectivity index (χ3v) is 5.57. The van der Waals surface area contributed by atoms with Crippen molar-refractivity contribution in [3.8, 4) is 0 Å². The Hall–Kier alpha value is -0.0800. The van der Waals surface area contributed by atoms with Gasteiger partial charge in [-0.2, -0.15) is 0 Å². The summed E-state index contributed by atoms with van der Waals surface area (Å²) in [6, 6.07) is 1.63. The van der Waals surface area contributed by atoms with Crippen LogP contribution in [0.5, 0.6) is 0 Å². The molecule has 3 unspecified atom stereocenters. The van der Waals surface area contributed by atoms with E-state index in [0.717, 1.165) is 23.9 Å². The average Bonchev–Trinajstić information content (AvgIpc) is 2.34. The van der Waals surface area contributed by atoms with Gasteiger partial charge in [0.25, 0.3) is 0 Å². The predicted octanol–water partition coefficient (Wildman–Crippen LogP) is 3.03. The Kier molecular flexibility index (Phi) is 4.25. The summed E-state index contributed by atoms with van der Waals surface area (Å²) in [5.74, 6) is 2.02. The van der Waals surface area contributed by atoms with Crippen LogP contribution in [-0.4, -0.2) is 37.1 Å². The predicted molar refractivity (Wildman–Crippen MR) is 76.7 cm³/mol. The van der Waals surface area contributed by atoms with E-state index < -0.39 is 0 Å². The zero-order valence-corrected chi connectivity index (χ0v) is 12.0. The molecule has 18 heavy (non-hydrogen) atoms. The first kappa shape index (κ1) is 12.9. The van der Waals surface area contributed by atoms with E-state index in [0.29, 0.717) is 0 Å². The van der Waals surface area contributed by atoms with Gasteiger partial charge < -0.3 is 10.2 Å². The highest BCUT2D eigenvalue weighted by Crippen LogP contribution is 2.32. The van der Waals surface area contributed by atoms with Crippen molar-refractivity contribution in [2.75, 3.05) is 20.1 Å². The van der Waals surface area contributed by atoms with E-state index in [1.165, 1.54) is 70.9 Å². The highest BCUT2D eigenvalue weighted by Gasteiger charge is 2.32. The van der Waals surface area contributed by atoms with E-state index in [2.05, 4.69) is 17.3 Å². The van der Waals surface area contributed by atoms with Crippen LogP contribution in [0.4, 0.5) is 0 Å². The van der Waals surface area contributed by atoms with Gasteiger partial charge >= 0.3 is 0 Å². The van der Waals surface area contributed by atoms with E-state index in [1.54, 1.807) is 0 Å². The maximum Gasteiger partial charge on any atom is 0.0197 e. The van der Waals surface area contributed by atoms with Crippen LogP contribution < -0.4 is 5.32 Å². The van der Waals surface area contributed by atoms with Gasteiger partial charge in [-0.15, -0.1) is 0 Å². The van der Waals surface area contributed by atoms with Crippen LogP contribution in [0.25, 0.3) is 0 Å². The van der Waals surface area contributed by atoms with Gasteiger partial charge in [-0.1, -0.05) is 19.3 Å². The molecule has 0 aromatic rings. The molecule has 3 atom stereocenters. The number of hydrogen-bond acceptors (Lipinski definition) is 2. The maximum absolute atomic E-state index is 3.95. The van der Waals surface area contributed by atoms with Crippen LogP contribution in [0.3, 0.4) is 0 Å². The van der Waals surface area contributed by atoms with Gasteiger partial charge in [0.1, 0.15) is 0 Å². The summed E-state index contributed by atoms with van der Waals surface area (Å²) in [6.45, 7) is 2.62. The van der Waals surface area contributed by atoms with E-state index in [4.69, 9.17) is 0 Å². The first-order chi connectivity index (χ1) is 8.81. The number of nitrogens with zero attached hydrogens (tertiary/aromatic N) is 1. The van der Waals surface area contributed by atoms with Crippen LogP contribution in [0.1, 0.15) is 57.8 Å². The van der Waals surface area contributed by atoms with E-state index in [-0.39, 0.29) is 0 Å². The third kappa shape index (κ3) is 3.08. The molecular weight excluding hydrogens is 220 g/mol. The molecule has 2 saturated carbocycles. The van der Waals surface area contributed by atoms with E-state index >= 15 is 0 Å². The quantitative estimate of drug-likeness (QED) is 0.825. The van der Waals surface area contributed by atoms with Gasteiger partial charge in [0.2, 0.25) is 0 Å². The second kappa shape index (κ2) is 5.92. The lowest BCUT2D eigenvalue weighted by Gasteiger charge is -2.42. The summed E-state index contributed by atoms with van der Waals surface area (Å²) >= 11 is 0. The second-order valence-corrected chi connectivity index (χ2v) is 7.11. The van der Waals surface area contributed by atoms with Crippen molar-refractivity contribution in [3.05, 3.63) is 0 Å². The lowest BCUT2D eigenvalue weighted by Crippen LogP contribution is -2.52. The zero-order valence-electron chi connectivity index (χ0n) is 12.0. The summed E-state index contributed by atoms with van der Waals surface area (Å²) in [5.41, 5.74) is 0. The van der Waals surface area contributed by atoms with Crippen molar-refractivity contribution in [1.82, 2.24) is 10.2 Å². The highest BCUT2D eigenvalue weighted by atomic mass is 15.1. The van der Waals surface area contributed by atoms with Crippen molar-refractivity contribution in [2.24, 2.45) is 11.8 Å². The molecule has 1 aliphatic heterocycles. The summed E-state index contributed by atoms with van der Waals surface area (Å²) in [6.07, 6.45) is 13.2. The van der Waals surface area contributed by atoms with Crippen molar-refractivity contribution < 1.29 is 0 Å². The molecule has 3 rings (SSSR count). The van der Waals surface area contributed by atoms with Crippen LogP contribution in [-0.2, 0) is 0 Å². The highest BCUT2D eigenvalue weighted by molar-refractivity contribution is 4.90. The van der Waals surface area contributed by atoms with Crippen molar-refractivity contribution in [3.63, 3.8) is 0 Å². The largest absolute Gasteiger partial charge is 0.310 e. The minimum atomic E-state index is 0.773. The Morgan fingerprint density at radius 1 is 0.889 bits per heavy atom. The Morgan fingerprint density at radius 2 is 1.72 bits per heavy atom. The molecule has 0 bridgehead atoms. The lowest BCUT2D eigenvalue weighted by atomic mass is 9.77. The fraction of sp³-hybridized carbons (Fsp3) is 1.00. The third-order valence-electron chi connectivity index (χ3n) is 5.57. The SMILES string of the molecule is CN(CC1CCC1)CC1CCC2CCCCC2N1. The lowest BCUT2D eigenvalue weighted by molar-refractivity contribution is 0.136. The van der Waals surface area contributed by atoms with Crippen LogP contribution in [0, 0.1) is 11.8 Å². The number of likely N-dealkylation sites (N-methyl/N-ethyl adjacent to an activating group) is 1. The fourth-order valence-corrected chi connectivity index (χ4v) is 4.28. The van der Waals surface area contributed by atoms with Gasteiger partial charge in [-0.25, -0.2) is 0 Å².